The molecule has 0 unspecified atom stereocenters. The zero-order valence-corrected chi connectivity index (χ0v) is 11.8. The third-order valence-electron chi connectivity index (χ3n) is 2.36. The van der Waals surface area contributed by atoms with Crippen LogP contribution in [0.3, 0.4) is 0 Å². The molecule has 2 rings (SSSR count). The maximum absolute atomic E-state index is 8.72. The number of hydrogen-bond acceptors (Lipinski definition) is 6. The lowest BCUT2D eigenvalue weighted by Gasteiger charge is -2.35. The fraction of sp³-hybridized carbons (Fsp3) is 0.500. The summed E-state index contributed by atoms with van der Waals surface area (Å²) in [7, 11) is 1.85. The molecular formula is C10H13N5OS2. The summed E-state index contributed by atoms with van der Waals surface area (Å²) < 4.78 is 6.45. The van der Waals surface area contributed by atoms with E-state index in [-0.39, 0.29) is 0 Å². The first-order valence-electron chi connectivity index (χ1n) is 5.24. The molecule has 0 aromatic carbocycles. The summed E-state index contributed by atoms with van der Waals surface area (Å²) in [6, 6.07) is 0. The summed E-state index contributed by atoms with van der Waals surface area (Å²) in [6.45, 7) is 1.55. The number of hydrogen-bond donors (Lipinski definition) is 0. The molecule has 2 heterocycles. The smallest absolute Gasteiger partial charge is 0.216 e. The van der Waals surface area contributed by atoms with Gasteiger partial charge in [0.15, 0.2) is 0 Å². The minimum Gasteiger partial charge on any atom is -0.341 e. The second-order valence-electron chi connectivity index (χ2n) is 3.67. The first kappa shape index (κ1) is 13.1. The molecule has 96 valence electrons. The van der Waals surface area contributed by atoms with Crippen molar-refractivity contribution in [3.63, 3.8) is 0 Å². The number of guanidine groups is 1. The highest BCUT2D eigenvalue weighted by molar-refractivity contribution is 8.00. The Morgan fingerprint density at radius 2 is 2.50 bits per heavy atom. The highest BCUT2D eigenvalue weighted by atomic mass is 32.2. The van der Waals surface area contributed by atoms with Crippen molar-refractivity contribution in [2.75, 3.05) is 26.8 Å². The predicted molar refractivity (Wildman–Crippen MR) is 71.1 cm³/mol. The summed E-state index contributed by atoms with van der Waals surface area (Å²) in [5.74, 6) is 0.642. The number of aliphatic imine (C=N–C) groups is 1. The van der Waals surface area contributed by atoms with Crippen molar-refractivity contribution in [3.8, 4) is 6.19 Å². The molecule has 1 aliphatic rings. The Morgan fingerprint density at radius 1 is 1.67 bits per heavy atom. The van der Waals surface area contributed by atoms with Crippen molar-refractivity contribution in [1.82, 2.24) is 14.8 Å². The quantitative estimate of drug-likeness (QED) is 0.617. The van der Waals surface area contributed by atoms with E-state index in [1.54, 1.807) is 23.1 Å². The molecular weight excluding hydrogens is 270 g/mol. The van der Waals surface area contributed by atoms with Crippen molar-refractivity contribution < 1.29 is 4.74 Å². The summed E-state index contributed by atoms with van der Waals surface area (Å²) in [5, 5.41) is 8.72. The van der Waals surface area contributed by atoms with E-state index in [0.29, 0.717) is 26.0 Å². The standard InChI is InChI=1S/C10H13N5OS2/c1-14-6-16-7-15(9(14)13-5-11)4-8-3-12-10(17-2)18-8/h3H,4,6-7H2,1-2H3. The number of nitrogens with zero attached hydrogens (tertiary/aromatic N) is 5. The van der Waals surface area contributed by atoms with Gasteiger partial charge in [-0.3, -0.25) is 0 Å². The van der Waals surface area contributed by atoms with Gasteiger partial charge in [-0.05, 0) is 6.26 Å². The normalized spacial score (nSPS) is 18.2. The molecule has 1 fully saturated rings. The van der Waals surface area contributed by atoms with Crippen LogP contribution < -0.4 is 0 Å². The molecule has 0 aliphatic carbocycles. The number of ether oxygens (including phenoxy) is 1. The summed E-state index contributed by atoms with van der Waals surface area (Å²) >= 11 is 3.27. The van der Waals surface area contributed by atoms with Crippen molar-refractivity contribution in [1.29, 1.82) is 5.26 Å². The van der Waals surface area contributed by atoms with Gasteiger partial charge in [0.1, 0.15) is 17.8 Å². The zero-order valence-electron chi connectivity index (χ0n) is 10.2. The van der Waals surface area contributed by atoms with Crippen LogP contribution in [0.15, 0.2) is 15.5 Å². The summed E-state index contributed by atoms with van der Waals surface area (Å²) in [4.78, 5) is 13.0. The SMILES string of the molecule is CSc1ncc(CN2COCN(C)C2=NC#N)s1. The van der Waals surface area contributed by atoms with Gasteiger partial charge >= 0.3 is 0 Å². The Hall–Kier alpha value is -1.30. The van der Waals surface area contributed by atoms with E-state index in [0.717, 1.165) is 9.22 Å². The van der Waals surface area contributed by atoms with Crippen LogP contribution in [0.25, 0.3) is 0 Å². The minimum absolute atomic E-state index is 0.442. The van der Waals surface area contributed by atoms with Crippen molar-refractivity contribution in [3.05, 3.63) is 11.1 Å². The molecule has 1 aromatic heterocycles. The summed E-state index contributed by atoms with van der Waals surface area (Å²) in [6.07, 6.45) is 5.69. The van der Waals surface area contributed by atoms with Gasteiger partial charge in [0.2, 0.25) is 12.2 Å². The van der Waals surface area contributed by atoms with Crippen LogP contribution in [0.2, 0.25) is 0 Å². The van der Waals surface area contributed by atoms with Crippen LogP contribution in [0.1, 0.15) is 4.88 Å². The molecule has 0 atom stereocenters. The zero-order chi connectivity index (χ0) is 13.0. The molecule has 0 bridgehead atoms. The Labute approximate surface area is 114 Å². The highest BCUT2D eigenvalue weighted by Gasteiger charge is 2.22. The largest absolute Gasteiger partial charge is 0.341 e. The number of thioether (sulfide) groups is 1. The molecule has 1 saturated heterocycles. The average Bonchev–Trinajstić information content (AvgIpc) is 2.81. The molecule has 0 spiro atoms. The number of nitriles is 1. The van der Waals surface area contributed by atoms with Gasteiger partial charge in [-0.1, -0.05) is 11.8 Å². The van der Waals surface area contributed by atoms with E-state index in [4.69, 9.17) is 10.00 Å². The molecule has 0 radical (unpaired) electrons. The predicted octanol–water partition coefficient (Wildman–Crippen LogP) is 1.38. The van der Waals surface area contributed by atoms with Gasteiger partial charge in [0, 0.05) is 18.1 Å². The van der Waals surface area contributed by atoms with Gasteiger partial charge in [0.05, 0.1) is 6.54 Å². The molecule has 0 amide bonds. The van der Waals surface area contributed by atoms with Crippen molar-refractivity contribution in [2.45, 2.75) is 10.9 Å². The lowest BCUT2D eigenvalue weighted by Crippen LogP contribution is -2.49. The first-order chi connectivity index (χ1) is 8.74. The minimum atomic E-state index is 0.442. The lowest BCUT2D eigenvalue weighted by atomic mass is 10.4. The maximum atomic E-state index is 8.72. The lowest BCUT2D eigenvalue weighted by molar-refractivity contribution is -0.0206. The Bertz CT molecular complexity index is 481. The van der Waals surface area contributed by atoms with Gasteiger partial charge in [-0.2, -0.15) is 5.26 Å². The molecule has 0 saturated carbocycles. The Kier molecular flexibility index (Phi) is 4.41. The fourth-order valence-corrected chi connectivity index (χ4v) is 3.08. The van der Waals surface area contributed by atoms with Gasteiger partial charge in [-0.25, -0.2) is 4.98 Å². The van der Waals surface area contributed by atoms with E-state index in [9.17, 15) is 0 Å². The molecule has 8 heteroatoms. The van der Waals surface area contributed by atoms with Crippen LogP contribution in [0, 0.1) is 11.5 Å². The van der Waals surface area contributed by atoms with E-state index in [2.05, 4.69) is 9.98 Å². The molecule has 1 aromatic rings. The monoisotopic (exact) mass is 283 g/mol. The number of thiazole rings is 1. The fourth-order valence-electron chi connectivity index (χ4n) is 1.61. The van der Waals surface area contributed by atoms with E-state index in [1.807, 2.05) is 35.5 Å². The number of aromatic nitrogens is 1. The van der Waals surface area contributed by atoms with Gasteiger partial charge in [-0.15, -0.1) is 16.3 Å². The van der Waals surface area contributed by atoms with E-state index < -0.39 is 0 Å². The third kappa shape index (κ3) is 2.93. The van der Waals surface area contributed by atoms with Gasteiger partial charge in [0.25, 0.3) is 0 Å². The van der Waals surface area contributed by atoms with E-state index in [1.165, 1.54) is 0 Å². The third-order valence-corrected chi connectivity index (χ3v) is 4.34. The second kappa shape index (κ2) is 6.04. The second-order valence-corrected chi connectivity index (χ2v) is 5.84. The highest BCUT2D eigenvalue weighted by Crippen LogP contribution is 2.23. The Morgan fingerprint density at radius 3 is 3.17 bits per heavy atom. The number of rotatable bonds is 3. The van der Waals surface area contributed by atoms with Crippen LogP contribution in [-0.4, -0.2) is 47.5 Å². The molecule has 0 N–H and O–H groups in total. The Balaban J connectivity index is 2.11. The maximum Gasteiger partial charge on any atom is 0.216 e. The van der Waals surface area contributed by atoms with Crippen LogP contribution in [0.4, 0.5) is 0 Å². The van der Waals surface area contributed by atoms with Crippen LogP contribution >= 0.6 is 23.1 Å². The van der Waals surface area contributed by atoms with Gasteiger partial charge < -0.3 is 14.5 Å². The van der Waals surface area contributed by atoms with Crippen molar-refractivity contribution in [2.24, 2.45) is 4.99 Å². The van der Waals surface area contributed by atoms with Crippen LogP contribution in [-0.2, 0) is 11.3 Å². The van der Waals surface area contributed by atoms with E-state index >= 15 is 0 Å². The first-order valence-corrected chi connectivity index (χ1v) is 7.28. The molecule has 6 nitrogen and oxygen atoms in total. The summed E-state index contributed by atoms with van der Waals surface area (Å²) in [5.41, 5.74) is 0. The average molecular weight is 283 g/mol. The van der Waals surface area contributed by atoms with Crippen molar-refractivity contribution >= 4 is 29.1 Å². The molecule has 1 aliphatic heterocycles. The van der Waals surface area contributed by atoms with Crippen LogP contribution in [0.5, 0.6) is 0 Å². The molecule has 18 heavy (non-hydrogen) atoms. The topological polar surface area (TPSA) is 64.8 Å².